The summed E-state index contributed by atoms with van der Waals surface area (Å²) in [5.74, 6) is -1.47. The molecule has 2 aromatic rings. The van der Waals surface area contributed by atoms with Gasteiger partial charge in [0.1, 0.15) is 0 Å². The Kier molecular flexibility index (Phi) is 11.9. The zero-order valence-corrected chi connectivity index (χ0v) is 21.5. The number of benzene rings is 2. The highest BCUT2D eigenvalue weighted by Crippen LogP contribution is 2.12. The second kappa shape index (κ2) is 15.4. The molecule has 0 aliphatic carbocycles. The van der Waals surface area contributed by atoms with Crippen molar-refractivity contribution in [3.8, 4) is 0 Å². The summed E-state index contributed by atoms with van der Waals surface area (Å²) < 4.78 is 0. The summed E-state index contributed by atoms with van der Waals surface area (Å²) in [6, 6.07) is 16.0. The van der Waals surface area contributed by atoms with Crippen LogP contribution in [0, 0.1) is 0 Å². The van der Waals surface area contributed by atoms with Gasteiger partial charge in [0.2, 0.25) is 0 Å². The normalized spacial score (nSPS) is 21.7. The third-order valence-corrected chi connectivity index (χ3v) is 7.33. The highest BCUT2D eigenvalue weighted by atomic mass is 16.4. The maximum atomic E-state index is 11.8. The maximum Gasteiger partial charge on any atom is 0.362 e. The molecule has 6 rings (SSSR count). The molecule has 0 radical (unpaired) electrons. The van der Waals surface area contributed by atoms with Crippen LogP contribution in [0.1, 0.15) is 73.6 Å². The van der Waals surface area contributed by atoms with E-state index >= 15 is 0 Å². The highest BCUT2D eigenvalue weighted by molar-refractivity contribution is 5.72. The lowest BCUT2D eigenvalue weighted by Gasteiger charge is -2.13. The molecule has 36 heavy (non-hydrogen) atoms. The quantitative estimate of drug-likeness (QED) is 0.513. The van der Waals surface area contributed by atoms with Crippen molar-refractivity contribution >= 4 is 11.9 Å². The molecule has 0 fully saturated rings. The Balaban J connectivity index is 1.57. The number of carbonyl (C=O) groups is 2. The summed E-state index contributed by atoms with van der Waals surface area (Å²) in [5, 5.41) is 23.3. The van der Waals surface area contributed by atoms with Crippen molar-refractivity contribution in [2.75, 3.05) is 13.1 Å². The van der Waals surface area contributed by atoms with Crippen LogP contribution in [0.4, 0.5) is 0 Å². The Hall–Kier alpha value is -2.70. The van der Waals surface area contributed by atoms with Crippen LogP contribution >= 0.6 is 0 Å². The molecule has 4 aliphatic heterocycles. The van der Waals surface area contributed by atoms with Gasteiger partial charge >= 0.3 is 11.9 Å². The van der Waals surface area contributed by atoms with Crippen LogP contribution in [0.2, 0.25) is 0 Å². The molecule has 6 nitrogen and oxygen atoms in total. The van der Waals surface area contributed by atoms with Gasteiger partial charge in [-0.25, -0.2) is 9.59 Å². The summed E-state index contributed by atoms with van der Waals surface area (Å²) >= 11 is 0. The first-order valence-electron chi connectivity index (χ1n) is 13.8. The zero-order chi connectivity index (χ0) is 25.6. The smallest absolute Gasteiger partial charge is 0.362 e. The minimum atomic E-state index is -0.734. The van der Waals surface area contributed by atoms with Crippen LogP contribution in [0.3, 0.4) is 0 Å². The second-order valence-corrected chi connectivity index (χ2v) is 10.3. The van der Waals surface area contributed by atoms with E-state index < -0.39 is 24.0 Å². The fourth-order valence-corrected chi connectivity index (χ4v) is 5.03. The lowest BCUT2D eigenvalue weighted by molar-refractivity contribution is -0.678. The average Bonchev–Trinajstić information content (AvgIpc) is 2.87. The molecule has 4 heterocycles. The third kappa shape index (κ3) is 10.1. The van der Waals surface area contributed by atoms with E-state index in [2.05, 4.69) is 48.5 Å². The zero-order valence-electron chi connectivity index (χ0n) is 21.5. The van der Waals surface area contributed by atoms with Crippen molar-refractivity contribution in [2.24, 2.45) is 0 Å². The molecule has 2 aromatic carbocycles. The van der Waals surface area contributed by atoms with Crippen molar-refractivity contribution < 1.29 is 30.4 Å². The fourth-order valence-electron chi connectivity index (χ4n) is 5.03. The molecule has 196 valence electrons. The van der Waals surface area contributed by atoms with Crippen LogP contribution in [0.15, 0.2) is 48.5 Å². The van der Waals surface area contributed by atoms with Gasteiger partial charge < -0.3 is 20.8 Å². The molecule has 4 bridgehead atoms. The molecule has 0 amide bonds. The summed E-state index contributed by atoms with van der Waals surface area (Å²) in [7, 11) is 0. The van der Waals surface area contributed by atoms with E-state index in [0.717, 1.165) is 88.4 Å². The number of carboxylic acids is 2. The average molecular weight is 497 g/mol. The minimum absolute atomic E-state index is 0.426. The van der Waals surface area contributed by atoms with Gasteiger partial charge in [-0.05, 0) is 73.6 Å². The Labute approximate surface area is 215 Å². The number of rotatable bonds is 2. The van der Waals surface area contributed by atoms with Gasteiger partial charge in [-0.3, -0.25) is 0 Å². The standard InChI is InChI=1S/C30H42N2O4/c33-29(34)27-21-26-17-13-24(14-18-26)10-6-2-4-8-20-32-28(30(35)36)22-25-15-11-23(12-16-25)9-5-1-3-7-19-31-27/h11-18,27-28,31-32H,1-10,19-22H2,(H,33,34)(H,35,36)/p+2/t27-,28+. The number of aryl methyl sites for hydroxylation is 2. The molecule has 6 heteroatoms. The summed E-state index contributed by atoms with van der Waals surface area (Å²) in [4.78, 5) is 23.5. The summed E-state index contributed by atoms with van der Waals surface area (Å²) in [5.41, 5.74) is 4.75. The molecule has 0 aromatic heterocycles. The minimum Gasteiger partial charge on any atom is -0.477 e. The predicted molar refractivity (Wildman–Crippen MR) is 141 cm³/mol. The van der Waals surface area contributed by atoms with E-state index in [1.54, 1.807) is 0 Å². The van der Waals surface area contributed by atoms with Crippen molar-refractivity contribution in [3.63, 3.8) is 0 Å². The van der Waals surface area contributed by atoms with Gasteiger partial charge in [0.25, 0.3) is 0 Å². The largest absolute Gasteiger partial charge is 0.477 e. The number of aliphatic carboxylic acids is 2. The van der Waals surface area contributed by atoms with Gasteiger partial charge in [0.15, 0.2) is 12.1 Å². The molecule has 0 saturated carbocycles. The monoisotopic (exact) mass is 496 g/mol. The molecule has 0 saturated heterocycles. The van der Waals surface area contributed by atoms with E-state index in [9.17, 15) is 19.8 Å². The highest BCUT2D eigenvalue weighted by Gasteiger charge is 2.22. The fraction of sp³-hybridized carbons (Fsp3) is 0.533. The van der Waals surface area contributed by atoms with Crippen molar-refractivity contribution in [3.05, 3.63) is 70.8 Å². The lowest BCUT2D eigenvalue weighted by atomic mass is 10.00. The Bertz CT molecular complexity index is 849. The number of quaternary nitrogens is 2. The Morgan fingerprint density at radius 1 is 0.528 bits per heavy atom. The van der Waals surface area contributed by atoms with Gasteiger partial charge in [0.05, 0.1) is 13.1 Å². The first-order chi connectivity index (χ1) is 17.5. The summed E-state index contributed by atoms with van der Waals surface area (Å²) in [6.45, 7) is 1.68. The van der Waals surface area contributed by atoms with Gasteiger partial charge in [0, 0.05) is 12.8 Å². The second-order valence-electron chi connectivity index (χ2n) is 10.3. The van der Waals surface area contributed by atoms with E-state index in [1.807, 2.05) is 10.6 Å². The molecular weight excluding hydrogens is 452 g/mol. The molecule has 0 spiro atoms. The number of hydrogen-bond acceptors (Lipinski definition) is 2. The first-order valence-corrected chi connectivity index (χ1v) is 13.8. The van der Waals surface area contributed by atoms with Gasteiger partial charge in [-0.15, -0.1) is 0 Å². The van der Waals surface area contributed by atoms with Crippen LogP contribution in [-0.4, -0.2) is 47.3 Å². The molecule has 0 unspecified atom stereocenters. The summed E-state index contributed by atoms with van der Waals surface area (Å²) in [6.07, 6.45) is 11.9. The van der Waals surface area contributed by atoms with Crippen LogP contribution in [0.5, 0.6) is 0 Å². The Morgan fingerprint density at radius 2 is 0.861 bits per heavy atom. The van der Waals surface area contributed by atoms with E-state index in [-0.39, 0.29) is 0 Å². The molecule has 6 N–H and O–H groups in total. The first kappa shape index (κ1) is 27.9. The topological polar surface area (TPSA) is 108 Å². The molecule has 2 atom stereocenters. The van der Waals surface area contributed by atoms with E-state index in [4.69, 9.17) is 0 Å². The SMILES string of the molecule is O=C(O)[C@@H]1Cc2ccc(cc2)CCCCCC[NH2+][C@@H](C(=O)O)Cc2ccc(cc2)CCCCCC[NH2+]1. The number of hydrogen-bond donors (Lipinski definition) is 4. The van der Waals surface area contributed by atoms with E-state index in [0.29, 0.717) is 12.8 Å². The van der Waals surface area contributed by atoms with Gasteiger partial charge in [-0.2, -0.15) is 0 Å². The van der Waals surface area contributed by atoms with Gasteiger partial charge in [-0.1, -0.05) is 61.4 Å². The number of carboxylic acid groups (broad SMARTS) is 2. The van der Waals surface area contributed by atoms with Crippen LogP contribution in [-0.2, 0) is 35.3 Å². The van der Waals surface area contributed by atoms with Crippen molar-refractivity contribution in [1.29, 1.82) is 0 Å². The number of nitrogens with two attached hydrogens (primary N) is 2. The Morgan fingerprint density at radius 3 is 1.22 bits per heavy atom. The van der Waals surface area contributed by atoms with Crippen molar-refractivity contribution in [2.45, 2.75) is 89.1 Å². The lowest BCUT2D eigenvalue weighted by Crippen LogP contribution is -2.92. The van der Waals surface area contributed by atoms with E-state index in [1.165, 1.54) is 11.1 Å². The third-order valence-electron chi connectivity index (χ3n) is 7.33. The maximum absolute atomic E-state index is 11.8. The van der Waals surface area contributed by atoms with Crippen LogP contribution in [0.25, 0.3) is 0 Å². The predicted octanol–water partition coefficient (Wildman–Crippen LogP) is 2.72. The molecule has 4 aliphatic rings. The van der Waals surface area contributed by atoms with Crippen molar-refractivity contribution in [1.82, 2.24) is 0 Å². The van der Waals surface area contributed by atoms with Crippen LogP contribution < -0.4 is 10.6 Å². The molecular formula is C30H44N2O4+2.